The number of rotatable bonds is 8. The lowest BCUT2D eigenvalue weighted by Gasteiger charge is -2.10. The van der Waals surface area contributed by atoms with E-state index in [1.807, 2.05) is 11.4 Å². The number of H-pyrrole nitrogens is 1. The second-order valence-corrected chi connectivity index (χ2v) is 8.72. The van der Waals surface area contributed by atoms with Crippen LogP contribution in [0, 0.1) is 5.92 Å². The van der Waals surface area contributed by atoms with Gasteiger partial charge in [-0.05, 0) is 47.4 Å². The summed E-state index contributed by atoms with van der Waals surface area (Å²) in [5.74, 6) is 0.661. The third-order valence-corrected chi connectivity index (χ3v) is 6.21. The Bertz CT molecular complexity index is 1330. The van der Waals surface area contributed by atoms with E-state index in [1.54, 1.807) is 30.6 Å². The maximum atomic E-state index is 12.6. The molecule has 1 fully saturated rings. The number of hydrogen-bond donors (Lipinski definition) is 3. The van der Waals surface area contributed by atoms with Gasteiger partial charge in [0.1, 0.15) is 5.75 Å². The van der Waals surface area contributed by atoms with E-state index in [2.05, 4.69) is 36.2 Å². The number of hydrogen-bond acceptors (Lipinski definition) is 9. The third kappa shape index (κ3) is 4.91. The van der Waals surface area contributed by atoms with Gasteiger partial charge in [-0.15, -0.1) is 11.3 Å². The molecule has 3 heterocycles. The number of carbonyl (C=O) groups is 2. The first kappa shape index (κ1) is 21.6. The van der Waals surface area contributed by atoms with Crippen molar-refractivity contribution in [2.75, 3.05) is 17.7 Å². The number of benzene rings is 1. The van der Waals surface area contributed by atoms with Crippen LogP contribution in [-0.4, -0.2) is 49.5 Å². The minimum Gasteiger partial charge on any atom is -0.496 e. The Hall–Kier alpha value is -4.19. The first-order chi connectivity index (χ1) is 16.6. The standard InChI is InChI=1S/C22H20N8O3S/c1-33-18-7-13(4-5-15(18)21(32)26-22-27-29-30-28-22)16-9-23-10-17(25-16)19-8-14(11-34-19)24-20(31)6-12-2-3-12/h4-5,7-12H,2-3,6H2,1H3,(H,24,31)(H2,26,27,28,29,30,32). The van der Waals surface area contributed by atoms with Crippen LogP contribution in [0.15, 0.2) is 42.0 Å². The summed E-state index contributed by atoms with van der Waals surface area (Å²) in [5, 5.41) is 20.4. The van der Waals surface area contributed by atoms with Crippen LogP contribution in [0.4, 0.5) is 11.6 Å². The minimum absolute atomic E-state index is 0.0440. The average Bonchev–Trinajstić information content (AvgIpc) is 3.30. The van der Waals surface area contributed by atoms with E-state index in [0.717, 1.165) is 29.0 Å². The van der Waals surface area contributed by atoms with E-state index in [-0.39, 0.29) is 11.9 Å². The zero-order valence-corrected chi connectivity index (χ0v) is 18.9. The Labute approximate surface area is 198 Å². The van der Waals surface area contributed by atoms with Crippen LogP contribution in [0.3, 0.4) is 0 Å². The van der Waals surface area contributed by atoms with Crippen molar-refractivity contribution in [1.29, 1.82) is 0 Å². The molecule has 0 radical (unpaired) electrons. The summed E-state index contributed by atoms with van der Waals surface area (Å²) in [6, 6.07) is 7.02. The summed E-state index contributed by atoms with van der Waals surface area (Å²) in [4.78, 5) is 34.6. The summed E-state index contributed by atoms with van der Waals surface area (Å²) in [6.07, 6.45) is 6.17. The van der Waals surface area contributed by atoms with Crippen LogP contribution in [0.1, 0.15) is 29.6 Å². The van der Waals surface area contributed by atoms with Gasteiger partial charge in [-0.1, -0.05) is 11.2 Å². The number of carbonyl (C=O) groups excluding carboxylic acids is 2. The van der Waals surface area contributed by atoms with Crippen molar-refractivity contribution in [1.82, 2.24) is 30.6 Å². The van der Waals surface area contributed by atoms with Crippen molar-refractivity contribution < 1.29 is 14.3 Å². The molecule has 1 saturated carbocycles. The molecule has 0 atom stereocenters. The van der Waals surface area contributed by atoms with Crippen molar-refractivity contribution in [2.24, 2.45) is 5.92 Å². The molecular weight excluding hydrogens is 456 g/mol. The molecule has 2 amide bonds. The van der Waals surface area contributed by atoms with E-state index in [0.29, 0.717) is 35.0 Å². The number of anilines is 2. The summed E-state index contributed by atoms with van der Waals surface area (Å²) < 4.78 is 5.43. The molecular formula is C22H20N8O3S. The number of aromatic amines is 1. The maximum Gasteiger partial charge on any atom is 0.261 e. The molecule has 172 valence electrons. The van der Waals surface area contributed by atoms with E-state index in [1.165, 1.54) is 18.4 Å². The third-order valence-electron chi connectivity index (χ3n) is 5.26. The first-order valence-corrected chi connectivity index (χ1v) is 11.4. The molecule has 0 unspecified atom stereocenters. The molecule has 0 bridgehead atoms. The van der Waals surface area contributed by atoms with Crippen LogP contribution in [0.25, 0.3) is 21.8 Å². The van der Waals surface area contributed by atoms with E-state index in [9.17, 15) is 9.59 Å². The highest BCUT2D eigenvalue weighted by Gasteiger charge is 2.24. The smallest absolute Gasteiger partial charge is 0.261 e. The van der Waals surface area contributed by atoms with Gasteiger partial charge in [-0.2, -0.15) is 0 Å². The number of amides is 2. The molecule has 12 heteroatoms. The Morgan fingerprint density at radius 1 is 1.18 bits per heavy atom. The topological polar surface area (TPSA) is 148 Å². The molecule has 4 aromatic rings. The zero-order valence-electron chi connectivity index (χ0n) is 18.1. The monoisotopic (exact) mass is 476 g/mol. The fourth-order valence-corrected chi connectivity index (χ4v) is 4.18. The van der Waals surface area contributed by atoms with E-state index < -0.39 is 5.91 Å². The molecule has 0 spiro atoms. The number of ether oxygens (including phenoxy) is 1. The molecule has 5 rings (SSSR count). The molecule has 0 saturated heterocycles. The number of methoxy groups -OCH3 is 1. The van der Waals surface area contributed by atoms with Crippen molar-refractivity contribution in [2.45, 2.75) is 19.3 Å². The van der Waals surface area contributed by atoms with Gasteiger partial charge >= 0.3 is 0 Å². The van der Waals surface area contributed by atoms with Gasteiger partial charge in [0.05, 0.1) is 47.0 Å². The Morgan fingerprint density at radius 2 is 2.03 bits per heavy atom. The van der Waals surface area contributed by atoms with Gasteiger partial charge in [-0.3, -0.25) is 19.9 Å². The molecule has 0 aliphatic heterocycles. The number of thiophene rings is 1. The normalized spacial score (nSPS) is 12.9. The van der Waals surface area contributed by atoms with E-state index >= 15 is 0 Å². The van der Waals surface area contributed by atoms with Gasteiger partial charge < -0.3 is 10.1 Å². The summed E-state index contributed by atoms with van der Waals surface area (Å²) in [6.45, 7) is 0. The second kappa shape index (κ2) is 9.35. The van der Waals surface area contributed by atoms with Crippen molar-refractivity contribution in [3.63, 3.8) is 0 Å². The Morgan fingerprint density at radius 3 is 2.79 bits per heavy atom. The van der Waals surface area contributed by atoms with E-state index in [4.69, 9.17) is 9.72 Å². The highest BCUT2D eigenvalue weighted by Crippen LogP contribution is 2.34. The first-order valence-electron chi connectivity index (χ1n) is 10.5. The van der Waals surface area contributed by atoms with Gasteiger partial charge in [0.15, 0.2) is 0 Å². The SMILES string of the molecule is COc1cc(-c2cncc(-c3cc(NC(=O)CC4CC4)cs3)n2)ccc1C(=O)Nc1nnn[nH]1. The van der Waals surface area contributed by atoms with Gasteiger partial charge in [0.25, 0.3) is 5.91 Å². The summed E-state index contributed by atoms with van der Waals surface area (Å²) in [5.41, 5.74) is 3.12. The molecule has 1 aromatic carbocycles. The fraction of sp³-hybridized carbons (Fsp3) is 0.227. The number of nitrogens with one attached hydrogen (secondary N) is 3. The van der Waals surface area contributed by atoms with Gasteiger partial charge in [0, 0.05) is 17.4 Å². The van der Waals surface area contributed by atoms with Crippen molar-refractivity contribution >= 4 is 34.8 Å². The lowest BCUT2D eigenvalue weighted by molar-refractivity contribution is -0.116. The fourth-order valence-electron chi connectivity index (χ4n) is 3.38. The molecule has 3 N–H and O–H groups in total. The largest absolute Gasteiger partial charge is 0.496 e. The van der Waals surface area contributed by atoms with Crippen molar-refractivity contribution in [3.8, 4) is 27.6 Å². The summed E-state index contributed by atoms with van der Waals surface area (Å²) >= 11 is 1.48. The van der Waals surface area contributed by atoms with Crippen LogP contribution in [0.2, 0.25) is 0 Å². The summed E-state index contributed by atoms with van der Waals surface area (Å²) in [7, 11) is 1.48. The van der Waals surface area contributed by atoms with Gasteiger partial charge in [0.2, 0.25) is 11.9 Å². The average molecular weight is 477 g/mol. The highest BCUT2D eigenvalue weighted by molar-refractivity contribution is 7.14. The minimum atomic E-state index is -0.420. The Balaban J connectivity index is 1.34. The van der Waals surface area contributed by atoms with Crippen LogP contribution >= 0.6 is 11.3 Å². The van der Waals surface area contributed by atoms with Crippen LogP contribution < -0.4 is 15.4 Å². The molecule has 1 aliphatic carbocycles. The predicted molar refractivity (Wildman–Crippen MR) is 125 cm³/mol. The van der Waals surface area contributed by atoms with Gasteiger partial charge in [-0.25, -0.2) is 10.1 Å². The highest BCUT2D eigenvalue weighted by atomic mass is 32.1. The lowest BCUT2D eigenvalue weighted by Crippen LogP contribution is -2.14. The molecule has 34 heavy (non-hydrogen) atoms. The zero-order chi connectivity index (χ0) is 23.5. The predicted octanol–water partition coefficient (Wildman–Crippen LogP) is 3.38. The quantitative estimate of drug-likeness (QED) is 0.350. The number of tetrazole rings is 1. The molecule has 1 aliphatic rings. The maximum absolute atomic E-state index is 12.6. The second-order valence-electron chi connectivity index (χ2n) is 7.80. The number of aromatic nitrogens is 6. The number of nitrogens with zero attached hydrogens (tertiary/aromatic N) is 5. The molecule has 3 aromatic heterocycles. The van der Waals surface area contributed by atoms with Crippen molar-refractivity contribution in [3.05, 3.63) is 47.6 Å². The Kier molecular flexibility index (Phi) is 5.95. The van der Waals surface area contributed by atoms with Crippen LogP contribution in [0.5, 0.6) is 5.75 Å². The lowest BCUT2D eigenvalue weighted by atomic mass is 10.1. The molecule has 11 nitrogen and oxygen atoms in total. The van der Waals surface area contributed by atoms with Crippen LogP contribution in [-0.2, 0) is 4.79 Å².